The molecular formula is C10H11. The molecule has 0 saturated carbocycles. The zero-order valence-corrected chi connectivity index (χ0v) is 6.39. The normalized spacial score (nSPS) is 29.0. The minimum Gasteiger partial charge on any atom is -0.0613 e. The minimum atomic E-state index is 0.733. The van der Waals surface area contributed by atoms with E-state index in [-0.39, 0.29) is 0 Å². The Balaban J connectivity index is 2.50. The lowest BCUT2D eigenvalue weighted by molar-refractivity contribution is 0.541. The molecule has 0 fully saturated rings. The molecule has 0 heterocycles. The van der Waals surface area contributed by atoms with E-state index in [9.17, 15) is 0 Å². The van der Waals surface area contributed by atoms with Gasteiger partial charge in [-0.05, 0) is 29.0 Å². The summed E-state index contributed by atoms with van der Waals surface area (Å²) in [5.74, 6) is 1.49. The first-order valence-electron chi connectivity index (χ1n) is 3.81. The molecule has 0 saturated heterocycles. The number of rotatable bonds is 0. The maximum absolute atomic E-state index is 3.27. The molecule has 1 aliphatic rings. The van der Waals surface area contributed by atoms with Crippen molar-refractivity contribution >= 4 is 0 Å². The molecule has 1 radical (unpaired) electrons. The fourth-order valence-corrected chi connectivity index (χ4v) is 1.68. The van der Waals surface area contributed by atoms with Gasteiger partial charge >= 0.3 is 0 Å². The first kappa shape index (κ1) is 5.96. The topological polar surface area (TPSA) is 0 Å². The SMILES string of the molecule is CC1c2[c]cccc2C1C. The van der Waals surface area contributed by atoms with Gasteiger partial charge in [0.05, 0.1) is 0 Å². The van der Waals surface area contributed by atoms with E-state index >= 15 is 0 Å². The molecule has 1 aromatic rings. The molecule has 0 heteroatoms. The summed E-state index contributed by atoms with van der Waals surface area (Å²) in [6.07, 6.45) is 0. The van der Waals surface area contributed by atoms with E-state index in [0.717, 1.165) is 11.8 Å². The van der Waals surface area contributed by atoms with Crippen molar-refractivity contribution in [3.05, 3.63) is 35.4 Å². The Morgan fingerprint density at radius 3 is 2.80 bits per heavy atom. The minimum absolute atomic E-state index is 0.733. The molecular weight excluding hydrogens is 120 g/mol. The van der Waals surface area contributed by atoms with Crippen LogP contribution >= 0.6 is 0 Å². The van der Waals surface area contributed by atoms with Gasteiger partial charge in [-0.15, -0.1) is 0 Å². The average Bonchev–Trinajstić information content (AvgIpc) is 2.03. The molecule has 1 aromatic carbocycles. The highest BCUT2D eigenvalue weighted by atomic mass is 14.3. The van der Waals surface area contributed by atoms with Crippen LogP contribution in [-0.4, -0.2) is 0 Å². The molecule has 0 spiro atoms. The van der Waals surface area contributed by atoms with Crippen LogP contribution in [0.3, 0.4) is 0 Å². The number of benzene rings is 1. The maximum atomic E-state index is 3.27. The Kier molecular flexibility index (Phi) is 1.10. The number of fused-ring (bicyclic) bond motifs is 1. The summed E-state index contributed by atoms with van der Waals surface area (Å²) in [4.78, 5) is 0. The van der Waals surface area contributed by atoms with E-state index in [0.29, 0.717) is 0 Å². The van der Waals surface area contributed by atoms with Gasteiger partial charge in [0.25, 0.3) is 0 Å². The molecule has 0 amide bonds. The Bertz CT molecular complexity index is 223. The van der Waals surface area contributed by atoms with E-state index in [1.165, 1.54) is 11.1 Å². The van der Waals surface area contributed by atoms with E-state index in [1.54, 1.807) is 0 Å². The third kappa shape index (κ3) is 0.566. The van der Waals surface area contributed by atoms with Crippen LogP contribution in [0.1, 0.15) is 36.8 Å². The maximum Gasteiger partial charge on any atom is -0.0115 e. The first-order chi connectivity index (χ1) is 4.80. The molecule has 51 valence electrons. The van der Waals surface area contributed by atoms with Gasteiger partial charge in [0, 0.05) is 0 Å². The van der Waals surface area contributed by atoms with Crippen LogP contribution in [0.5, 0.6) is 0 Å². The van der Waals surface area contributed by atoms with Crippen molar-refractivity contribution in [2.24, 2.45) is 0 Å². The lowest BCUT2D eigenvalue weighted by Crippen LogP contribution is -2.18. The van der Waals surface area contributed by atoms with Crippen LogP contribution in [0.4, 0.5) is 0 Å². The molecule has 2 atom stereocenters. The fourth-order valence-electron chi connectivity index (χ4n) is 1.68. The van der Waals surface area contributed by atoms with E-state index in [1.807, 2.05) is 6.07 Å². The summed E-state index contributed by atoms with van der Waals surface area (Å²) in [6, 6.07) is 9.54. The summed E-state index contributed by atoms with van der Waals surface area (Å²) in [5.41, 5.74) is 2.92. The van der Waals surface area contributed by atoms with Gasteiger partial charge < -0.3 is 0 Å². The highest BCUT2D eigenvalue weighted by molar-refractivity contribution is 5.42. The molecule has 2 unspecified atom stereocenters. The summed E-state index contributed by atoms with van der Waals surface area (Å²) in [5, 5.41) is 0. The van der Waals surface area contributed by atoms with Crippen LogP contribution in [0, 0.1) is 6.07 Å². The molecule has 0 bridgehead atoms. The van der Waals surface area contributed by atoms with Crippen molar-refractivity contribution in [2.75, 3.05) is 0 Å². The van der Waals surface area contributed by atoms with Crippen molar-refractivity contribution < 1.29 is 0 Å². The smallest absolute Gasteiger partial charge is 0.0115 e. The second-order valence-corrected chi connectivity index (χ2v) is 3.12. The summed E-state index contributed by atoms with van der Waals surface area (Å²) >= 11 is 0. The molecule has 1 aliphatic carbocycles. The second kappa shape index (κ2) is 1.85. The highest BCUT2D eigenvalue weighted by Crippen LogP contribution is 2.44. The van der Waals surface area contributed by atoms with Crippen molar-refractivity contribution in [3.63, 3.8) is 0 Å². The third-order valence-corrected chi connectivity index (χ3v) is 2.62. The molecule has 0 nitrogen and oxygen atoms in total. The summed E-state index contributed by atoms with van der Waals surface area (Å²) in [6.45, 7) is 4.55. The first-order valence-corrected chi connectivity index (χ1v) is 3.81. The standard InChI is InChI=1S/C10H11/c1-7-8(2)10-6-4-3-5-9(7)10/h3-5,7-8H,1-2H3. The Labute approximate surface area is 61.9 Å². The van der Waals surface area contributed by atoms with E-state index < -0.39 is 0 Å². The van der Waals surface area contributed by atoms with Gasteiger partial charge in [0.1, 0.15) is 0 Å². The van der Waals surface area contributed by atoms with Gasteiger partial charge in [-0.25, -0.2) is 0 Å². The fraction of sp³-hybridized carbons (Fsp3) is 0.400. The molecule has 10 heavy (non-hydrogen) atoms. The zero-order chi connectivity index (χ0) is 7.14. The predicted molar refractivity (Wildman–Crippen MR) is 42.1 cm³/mol. The molecule has 0 N–H and O–H groups in total. The quantitative estimate of drug-likeness (QED) is 0.508. The van der Waals surface area contributed by atoms with Crippen LogP contribution in [0.25, 0.3) is 0 Å². The largest absolute Gasteiger partial charge is 0.0613 e. The zero-order valence-electron chi connectivity index (χ0n) is 6.39. The number of hydrogen-bond donors (Lipinski definition) is 0. The van der Waals surface area contributed by atoms with Crippen LogP contribution < -0.4 is 0 Å². The molecule has 0 aliphatic heterocycles. The second-order valence-electron chi connectivity index (χ2n) is 3.12. The Morgan fingerprint density at radius 1 is 1.30 bits per heavy atom. The van der Waals surface area contributed by atoms with Crippen LogP contribution in [0.15, 0.2) is 18.2 Å². The predicted octanol–water partition coefficient (Wildman–Crippen LogP) is 2.71. The van der Waals surface area contributed by atoms with Crippen molar-refractivity contribution in [3.8, 4) is 0 Å². The van der Waals surface area contributed by atoms with Crippen molar-refractivity contribution in [1.82, 2.24) is 0 Å². The Hall–Kier alpha value is -0.780. The summed E-state index contributed by atoms with van der Waals surface area (Å²) in [7, 11) is 0. The van der Waals surface area contributed by atoms with Crippen molar-refractivity contribution in [2.45, 2.75) is 25.7 Å². The van der Waals surface area contributed by atoms with Gasteiger partial charge in [0.2, 0.25) is 0 Å². The van der Waals surface area contributed by atoms with Gasteiger partial charge in [-0.3, -0.25) is 0 Å². The van der Waals surface area contributed by atoms with Crippen LogP contribution in [-0.2, 0) is 0 Å². The van der Waals surface area contributed by atoms with Gasteiger partial charge in [0.15, 0.2) is 0 Å². The third-order valence-electron chi connectivity index (χ3n) is 2.62. The average molecular weight is 131 g/mol. The lowest BCUT2D eigenvalue weighted by atomic mass is 9.70. The molecule has 0 aromatic heterocycles. The monoisotopic (exact) mass is 131 g/mol. The lowest BCUT2D eigenvalue weighted by Gasteiger charge is -2.34. The van der Waals surface area contributed by atoms with Gasteiger partial charge in [-0.2, -0.15) is 0 Å². The van der Waals surface area contributed by atoms with E-state index in [4.69, 9.17) is 0 Å². The van der Waals surface area contributed by atoms with Gasteiger partial charge in [-0.1, -0.05) is 32.0 Å². The van der Waals surface area contributed by atoms with Crippen LogP contribution in [0.2, 0.25) is 0 Å². The van der Waals surface area contributed by atoms with E-state index in [2.05, 4.69) is 32.0 Å². The Morgan fingerprint density at radius 2 is 2.10 bits per heavy atom. The molecule has 2 rings (SSSR count). The van der Waals surface area contributed by atoms with Crippen molar-refractivity contribution in [1.29, 1.82) is 0 Å². The number of hydrogen-bond acceptors (Lipinski definition) is 0. The highest BCUT2D eigenvalue weighted by Gasteiger charge is 2.29. The summed E-state index contributed by atoms with van der Waals surface area (Å²) < 4.78 is 0.